The molecule has 0 saturated heterocycles. The van der Waals surface area contributed by atoms with Crippen LogP contribution in [0.2, 0.25) is 0 Å². The van der Waals surface area contributed by atoms with Crippen molar-refractivity contribution in [2.24, 2.45) is 14.1 Å². The van der Waals surface area contributed by atoms with Crippen LogP contribution in [0, 0.1) is 0 Å². The van der Waals surface area contributed by atoms with Gasteiger partial charge in [0, 0.05) is 19.7 Å². The molecule has 5 nitrogen and oxygen atoms in total. The Labute approximate surface area is 125 Å². The van der Waals surface area contributed by atoms with Crippen LogP contribution in [-0.2, 0) is 20.6 Å². The molecule has 0 saturated carbocycles. The minimum absolute atomic E-state index is 0.737. The summed E-state index contributed by atoms with van der Waals surface area (Å²) in [5.41, 5.74) is 4.13. The van der Waals surface area contributed by atoms with E-state index in [2.05, 4.69) is 49.0 Å². The Morgan fingerprint density at radius 1 is 1.30 bits per heavy atom. The molecule has 2 heterocycles. The van der Waals surface area contributed by atoms with Crippen LogP contribution in [-0.4, -0.2) is 26.1 Å². The zero-order valence-corrected chi connectivity index (χ0v) is 13.3. The summed E-state index contributed by atoms with van der Waals surface area (Å²) >= 11 is 3.62. The van der Waals surface area contributed by atoms with Gasteiger partial charge in [0.25, 0.3) is 0 Å². The van der Waals surface area contributed by atoms with E-state index >= 15 is 0 Å². The summed E-state index contributed by atoms with van der Waals surface area (Å²) in [4.78, 5) is 9.10. The van der Waals surface area contributed by atoms with Crippen LogP contribution in [0.15, 0.2) is 29.1 Å². The largest absolute Gasteiger partial charge is 0.334 e. The normalized spacial score (nSPS) is 11.4. The van der Waals surface area contributed by atoms with Gasteiger partial charge in [0.1, 0.15) is 16.1 Å². The van der Waals surface area contributed by atoms with Crippen molar-refractivity contribution in [3.05, 3.63) is 35.0 Å². The summed E-state index contributed by atoms with van der Waals surface area (Å²) in [5, 5.41) is 3.13. The third-order valence-electron chi connectivity index (χ3n) is 3.45. The number of benzene rings is 1. The lowest BCUT2D eigenvalue weighted by Crippen LogP contribution is -2.10. The van der Waals surface area contributed by atoms with Crippen LogP contribution in [0.4, 0.5) is 0 Å². The number of aryl methyl sites for hydroxylation is 1. The summed E-state index contributed by atoms with van der Waals surface area (Å²) in [7, 11) is 5.92. The van der Waals surface area contributed by atoms with Crippen LogP contribution in [0.25, 0.3) is 22.3 Å². The molecule has 1 aromatic carbocycles. The molecule has 104 valence electrons. The Kier molecular flexibility index (Phi) is 3.35. The second-order valence-electron chi connectivity index (χ2n) is 4.82. The number of imidazole rings is 2. The number of rotatable bonds is 3. The van der Waals surface area contributed by atoms with Gasteiger partial charge in [0.05, 0.1) is 23.9 Å². The fraction of sp³-hybridized carbons (Fsp3) is 0.286. The minimum Gasteiger partial charge on any atom is -0.334 e. The van der Waals surface area contributed by atoms with E-state index in [1.165, 1.54) is 0 Å². The van der Waals surface area contributed by atoms with E-state index in [0.29, 0.717) is 0 Å². The number of fused-ring (bicyclic) bond motifs is 1. The molecule has 0 spiro atoms. The predicted octanol–water partition coefficient (Wildman–Crippen LogP) is 2.46. The standard InChI is InChI=1S/C14H16BrN5/c1-16-7-12-18-13(14(15)20(12)3)9-4-5-11-10(6-9)17-8-19(11)2/h4-6,8,16H,7H2,1-3H3. The van der Waals surface area contributed by atoms with Crippen molar-refractivity contribution in [3.63, 3.8) is 0 Å². The van der Waals surface area contributed by atoms with E-state index in [0.717, 1.165) is 39.3 Å². The van der Waals surface area contributed by atoms with Crippen molar-refractivity contribution >= 4 is 27.0 Å². The van der Waals surface area contributed by atoms with Gasteiger partial charge < -0.3 is 14.5 Å². The number of nitrogens with one attached hydrogen (secondary N) is 1. The fourth-order valence-corrected chi connectivity index (χ4v) is 2.83. The molecule has 20 heavy (non-hydrogen) atoms. The Balaban J connectivity index is 2.12. The van der Waals surface area contributed by atoms with Crippen LogP contribution in [0.1, 0.15) is 5.82 Å². The zero-order valence-electron chi connectivity index (χ0n) is 11.7. The summed E-state index contributed by atoms with van der Waals surface area (Å²) in [6.07, 6.45) is 1.83. The smallest absolute Gasteiger partial charge is 0.124 e. The molecule has 0 amide bonds. The average Bonchev–Trinajstić information content (AvgIpc) is 2.95. The average molecular weight is 334 g/mol. The molecule has 0 fully saturated rings. The molecule has 0 atom stereocenters. The Morgan fingerprint density at radius 2 is 2.10 bits per heavy atom. The van der Waals surface area contributed by atoms with Gasteiger partial charge in [-0.1, -0.05) is 6.07 Å². The number of aromatic nitrogens is 4. The highest BCUT2D eigenvalue weighted by molar-refractivity contribution is 9.10. The van der Waals surface area contributed by atoms with E-state index in [1.54, 1.807) is 0 Å². The Morgan fingerprint density at radius 3 is 2.85 bits per heavy atom. The first-order valence-corrected chi connectivity index (χ1v) is 7.18. The van der Waals surface area contributed by atoms with Gasteiger partial charge in [0.2, 0.25) is 0 Å². The molecular formula is C14H16BrN5. The van der Waals surface area contributed by atoms with E-state index in [9.17, 15) is 0 Å². The maximum absolute atomic E-state index is 4.70. The first-order valence-electron chi connectivity index (χ1n) is 6.39. The second kappa shape index (κ2) is 5.03. The van der Waals surface area contributed by atoms with E-state index in [1.807, 2.05) is 32.0 Å². The lowest BCUT2D eigenvalue weighted by Gasteiger charge is -2.01. The third-order valence-corrected chi connectivity index (χ3v) is 4.36. The predicted molar refractivity (Wildman–Crippen MR) is 83.4 cm³/mol. The lowest BCUT2D eigenvalue weighted by molar-refractivity contribution is 0.704. The van der Waals surface area contributed by atoms with Gasteiger partial charge in [-0.3, -0.25) is 0 Å². The molecule has 0 aliphatic rings. The van der Waals surface area contributed by atoms with Gasteiger partial charge in [-0.15, -0.1) is 0 Å². The molecule has 6 heteroatoms. The van der Waals surface area contributed by atoms with Crippen molar-refractivity contribution in [1.29, 1.82) is 0 Å². The molecule has 0 unspecified atom stereocenters. The first-order chi connectivity index (χ1) is 9.61. The molecule has 0 radical (unpaired) electrons. The van der Waals surface area contributed by atoms with Gasteiger partial charge in [0.15, 0.2) is 0 Å². The minimum atomic E-state index is 0.737. The van der Waals surface area contributed by atoms with Crippen LogP contribution in [0.5, 0.6) is 0 Å². The highest BCUT2D eigenvalue weighted by Gasteiger charge is 2.14. The van der Waals surface area contributed by atoms with Crippen molar-refractivity contribution in [2.75, 3.05) is 7.05 Å². The highest BCUT2D eigenvalue weighted by Crippen LogP contribution is 2.30. The van der Waals surface area contributed by atoms with E-state index in [4.69, 9.17) is 4.98 Å². The topological polar surface area (TPSA) is 47.7 Å². The molecule has 0 bridgehead atoms. The summed E-state index contributed by atoms with van der Waals surface area (Å²) in [6.45, 7) is 0.737. The Bertz CT molecular complexity index is 771. The number of hydrogen-bond acceptors (Lipinski definition) is 3. The number of hydrogen-bond donors (Lipinski definition) is 1. The molecule has 1 N–H and O–H groups in total. The second-order valence-corrected chi connectivity index (χ2v) is 5.57. The highest BCUT2D eigenvalue weighted by atomic mass is 79.9. The number of nitrogens with zero attached hydrogens (tertiary/aromatic N) is 4. The van der Waals surface area contributed by atoms with Gasteiger partial charge in [-0.05, 0) is 35.1 Å². The SMILES string of the molecule is CNCc1nc(-c2ccc3c(c2)ncn3C)c(Br)n1C. The number of halogens is 1. The summed E-state index contributed by atoms with van der Waals surface area (Å²) in [6, 6.07) is 6.24. The van der Waals surface area contributed by atoms with Gasteiger partial charge in [-0.2, -0.15) is 0 Å². The fourth-order valence-electron chi connectivity index (χ4n) is 2.31. The quantitative estimate of drug-likeness (QED) is 0.800. The van der Waals surface area contributed by atoms with Crippen LogP contribution >= 0.6 is 15.9 Å². The van der Waals surface area contributed by atoms with E-state index < -0.39 is 0 Å². The molecular weight excluding hydrogens is 318 g/mol. The Hall–Kier alpha value is -1.66. The van der Waals surface area contributed by atoms with Gasteiger partial charge in [-0.25, -0.2) is 9.97 Å². The molecule has 3 aromatic rings. The van der Waals surface area contributed by atoms with Crippen LogP contribution in [0.3, 0.4) is 0 Å². The molecule has 2 aromatic heterocycles. The summed E-state index contributed by atoms with van der Waals surface area (Å²) < 4.78 is 5.05. The van der Waals surface area contributed by atoms with Crippen molar-refractivity contribution in [2.45, 2.75) is 6.54 Å². The lowest BCUT2D eigenvalue weighted by atomic mass is 10.1. The first kappa shape index (κ1) is 13.3. The molecule has 0 aliphatic carbocycles. The molecule has 0 aliphatic heterocycles. The van der Waals surface area contributed by atoms with Crippen LogP contribution < -0.4 is 5.32 Å². The third kappa shape index (κ3) is 2.05. The maximum atomic E-state index is 4.70. The van der Waals surface area contributed by atoms with Crippen molar-refractivity contribution < 1.29 is 0 Å². The maximum Gasteiger partial charge on any atom is 0.124 e. The monoisotopic (exact) mass is 333 g/mol. The van der Waals surface area contributed by atoms with Gasteiger partial charge >= 0.3 is 0 Å². The zero-order chi connectivity index (χ0) is 14.3. The molecule has 3 rings (SSSR count). The van der Waals surface area contributed by atoms with E-state index in [-0.39, 0.29) is 0 Å². The summed E-state index contributed by atoms with van der Waals surface area (Å²) in [5.74, 6) is 0.996. The van der Waals surface area contributed by atoms with Crippen molar-refractivity contribution in [1.82, 2.24) is 24.4 Å². The van der Waals surface area contributed by atoms with Crippen molar-refractivity contribution in [3.8, 4) is 11.3 Å².